The van der Waals surface area contributed by atoms with Crippen molar-refractivity contribution < 1.29 is 8.83 Å². The van der Waals surface area contributed by atoms with E-state index in [0.29, 0.717) is 17.5 Å². The molecule has 0 N–H and O–H groups in total. The molecule has 4 heterocycles. The van der Waals surface area contributed by atoms with Crippen LogP contribution < -0.4 is 0 Å². The van der Waals surface area contributed by atoms with Gasteiger partial charge >= 0.3 is 0 Å². The topological polar surface area (TPSA) is 69.9 Å². The lowest BCUT2D eigenvalue weighted by molar-refractivity contribution is 0.668. The van der Waals surface area contributed by atoms with Crippen LogP contribution in [0.4, 0.5) is 0 Å². The van der Waals surface area contributed by atoms with Crippen LogP contribution in [0.15, 0.2) is 191 Å². The molecule has 0 aliphatic heterocycles. The van der Waals surface area contributed by atoms with Crippen LogP contribution in [-0.4, -0.2) is 19.5 Å². The van der Waals surface area contributed by atoms with Gasteiger partial charge in [-0.3, -0.25) is 0 Å². The Bertz CT molecular complexity index is 3530. The summed E-state index contributed by atoms with van der Waals surface area (Å²) in [5.74, 6) is 1.77. The molecule has 57 heavy (non-hydrogen) atoms. The van der Waals surface area contributed by atoms with Gasteiger partial charge in [0.25, 0.3) is 0 Å². The van der Waals surface area contributed by atoms with E-state index in [1.54, 1.807) is 0 Å². The van der Waals surface area contributed by atoms with Crippen LogP contribution in [0.2, 0.25) is 0 Å². The molecule has 0 aliphatic carbocycles. The van der Waals surface area contributed by atoms with Crippen molar-refractivity contribution >= 4 is 65.7 Å². The summed E-state index contributed by atoms with van der Waals surface area (Å²) in [6.45, 7) is 0. The molecule has 0 amide bonds. The Morgan fingerprint density at radius 1 is 0.333 bits per heavy atom. The quantitative estimate of drug-likeness (QED) is 0.176. The average molecular weight is 731 g/mol. The SMILES string of the molecule is c1ccc(-c2nc(-c3ccc4oc5ccccc5c4c3)nc(-c3ccc4oc5cccc(-c6cccc7c6c6ccccc6n7-c6ccccc6)c5c4c3)n2)cc1. The highest BCUT2D eigenvalue weighted by atomic mass is 16.3. The number of benzene rings is 8. The minimum atomic E-state index is 0.581. The van der Waals surface area contributed by atoms with Crippen LogP contribution in [0.25, 0.3) is 117 Å². The van der Waals surface area contributed by atoms with Crippen molar-refractivity contribution in [3.63, 3.8) is 0 Å². The first-order chi connectivity index (χ1) is 28.2. The zero-order valence-electron chi connectivity index (χ0n) is 30.4. The van der Waals surface area contributed by atoms with Crippen LogP contribution in [0.1, 0.15) is 0 Å². The Kier molecular flexibility index (Phi) is 6.83. The lowest BCUT2D eigenvalue weighted by Gasteiger charge is -2.10. The number of aromatic nitrogens is 4. The highest BCUT2D eigenvalue weighted by Gasteiger charge is 2.21. The van der Waals surface area contributed by atoms with Gasteiger partial charge < -0.3 is 13.4 Å². The summed E-state index contributed by atoms with van der Waals surface area (Å²) >= 11 is 0. The van der Waals surface area contributed by atoms with Gasteiger partial charge in [0.2, 0.25) is 0 Å². The third-order valence-electron chi connectivity index (χ3n) is 11.1. The first-order valence-corrected chi connectivity index (χ1v) is 19.0. The van der Waals surface area contributed by atoms with Gasteiger partial charge in [-0.05, 0) is 83.9 Å². The molecule has 0 unspecified atom stereocenters. The van der Waals surface area contributed by atoms with Crippen molar-refractivity contribution in [3.8, 4) is 51.0 Å². The van der Waals surface area contributed by atoms with Gasteiger partial charge in [0.15, 0.2) is 17.5 Å². The summed E-state index contributed by atoms with van der Waals surface area (Å²) in [5.41, 5.74) is 11.7. The second-order valence-electron chi connectivity index (χ2n) is 14.4. The van der Waals surface area contributed by atoms with E-state index in [4.69, 9.17) is 23.8 Å². The fraction of sp³-hybridized carbons (Fsp3) is 0. The van der Waals surface area contributed by atoms with E-state index < -0.39 is 0 Å². The number of furan rings is 2. The van der Waals surface area contributed by atoms with Crippen molar-refractivity contribution in [2.45, 2.75) is 0 Å². The molecule has 0 fully saturated rings. The van der Waals surface area contributed by atoms with Crippen molar-refractivity contribution in [3.05, 3.63) is 182 Å². The molecule has 266 valence electrons. The summed E-state index contributed by atoms with van der Waals surface area (Å²) in [5, 5.41) is 6.52. The standard InChI is InChI=1S/C51H30N4O2/c1-3-13-31(14-4-1)49-52-50(32-25-27-44-39(29-32)35-17-8-10-23-43(35)56-44)54-51(53-49)33-26-28-45-40(30-33)48-37(20-12-24-46(48)57-45)36-19-11-22-42-47(36)38-18-7-9-21-41(38)55(42)34-15-5-2-6-16-34/h1-30H. The zero-order chi connectivity index (χ0) is 37.5. The van der Waals surface area contributed by atoms with Gasteiger partial charge in [0, 0.05) is 54.7 Å². The molecule has 0 spiro atoms. The average Bonchev–Trinajstić information content (AvgIpc) is 3.96. The van der Waals surface area contributed by atoms with E-state index in [1.807, 2.05) is 72.8 Å². The summed E-state index contributed by atoms with van der Waals surface area (Å²) in [4.78, 5) is 15.3. The van der Waals surface area contributed by atoms with Crippen molar-refractivity contribution in [1.82, 2.24) is 19.5 Å². The number of nitrogens with zero attached hydrogens (tertiary/aromatic N) is 4. The minimum Gasteiger partial charge on any atom is -0.456 e. The number of para-hydroxylation sites is 3. The largest absolute Gasteiger partial charge is 0.456 e. The number of fused-ring (bicyclic) bond motifs is 9. The third-order valence-corrected chi connectivity index (χ3v) is 11.1. The first kappa shape index (κ1) is 31.5. The van der Waals surface area contributed by atoms with Gasteiger partial charge in [-0.2, -0.15) is 0 Å². The number of hydrogen-bond acceptors (Lipinski definition) is 5. The monoisotopic (exact) mass is 730 g/mol. The summed E-state index contributed by atoms with van der Waals surface area (Å²) in [6, 6.07) is 62.7. The van der Waals surface area contributed by atoms with Gasteiger partial charge in [-0.15, -0.1) is 0 Å². The van der Waals surface area contributed by atoms with Gasteiger partial charge in [-0.25, -0.2) is 15.0 Å². The van der Waals surface area contributed by atoms with Gasteiger partial charge in [-0.1, -0.05) is 109 Å². The van der Waals surface area contributed by atoms with E-state index >= 15 is 0 Å². The molecule has 6 heteroatoms. The predicted molar refractivity (Wildman–Crippen MR) is 230 cm³/mol. The van der Waals surface area contributed by atoms with E-state index in [0.717, 1.165) is 88.4 Å². The fourth-order valence-electron chi connectivity index (χ4n) is 8.50. The van der Waals surface area contributed by atoms with E-state index in [2.05, 4.69) is 114 Å². The molecule has 0 radical (unpaired) electrons. The molecule has 4 aromatic heterocycles. The first-order valence-electron chi connectivity index (χ1n) is 19.0. The minimum absolute atomic E-state index is 0.581. The lowest BCUT2D eigenvalue weighted by Crippen LogP contribution is -2.00. The molecule has 0 atom stereocenters. The Morgan fingerprint density at radius 2 is 0.860 bits per heavy atom. The van der Waals surface area contributed by atoms with Gasteiger partial charge in [0.05, 0.1) is 11.0 Å². The van der Waals surface area contributed by atoms with Crippen molar-refractivity contribution in [2.24, 2.45) is 0 Å². The normalized spacial score (nSPS) is 11.9. The van der Waals surface area contributed by atoms with Crippen LogP contribution >= 0.6 is 0 Å². The second kappa shape index (κ2) is 12.3. The summed E-state index contributed by atoms with van der Waals surface area (Å²) in [7, 11) is 0. The molecule has 8 aromatic carbocycles. The molecule has 0 bridgehead atoms. The predicted octanol–water partition coefficient (Wildman–Crippen LogP) is 13.4. The maximum atomic E-state index is 6.57. The Balaban J connectivity index is 1.07. The zero-order valence-corrected chi connectivity index (χ0v) is 30.4. The second-order valence-corrected chi connectivity index (χ2v) is 14.4. The molecule has 12 aromatic rings. The summed E-state index contributed by atoms with van der Waals surface area (Å²) < 4.78 is 15.1. The number of hydrogen-bond donors (Lipinski definition) is 0. The molecular formula is C51H30N4O2. The van der Waals surface area contributed by atoms with Crippen LogP contribution in [0.3, 0.4) is 0 Å². The van der Waals surface area contributed by atoms with Crippen molar-refractivity contribution in [2.75, 3.05) is 0 Å². The third kappa shape index (κ3) is 4.94. The maximum Gasteiger partial charge on any atom is 0.164 e. The molecule has 6 nitrogen and oxygen atoms in total. The van der Waals surface area contributed by atoms with E-state index in [-0.39, 0.29) is 0 Å². The van der Waals surface area contributed by atoms with E-state index in [9.17, 15) is 0 Å². The smallest absolute Gasteiger partial charge is 0.164 e. The van der Waals surface area contributed by atoms with E-state index in [1.165, 1.54) is 10.8 Å². The summed E-state index contributed by atoms with van der Waals surface area (Å²) in [6.07, 6.45) is 0. The van der Waals surface area contributed by atoms with Crippen LogP contribution in [0.5, 0.6) is 0 Å². The van der Waals surface area contributed by atoms with Crippen LogP contribution in [0, 0.1) is 0 Å². The fourth-order valence-corrected chi connectivity index (χ4v) is 8.50. The molecule has 0 aliphatic rings. The van der Waals surface area contributed by atoms with Gasteiger partial charge in [0.1, 0.15) is 22.3 Å². The number of rotatable bonds is 5. The highest BCUT2D eigenvalue weighted by Crippen LogP contribution is 2.44. The highest BCUT2D eigenvalue weighted by molar-refractivity contribution is 6.21. The maximum absolute atomic E-state index is 6.57. The molecular weight excluding hydrogens is 701 g/mol. The Hall–Kier alpha value is -7.83. The lowest BCUT2D eigenvalue weighted by atomic mass is 9.95. The Morgan fingerprint density at radius 3 is 1.63 bits per heavy atom. The van der Waals surface area contributed by atoms with Crippen LogP contribution in [-0.2, 0) is 0 Å². The molecule has 0 saturated carbocycles. The molecule has 12 rings (SSSR count). The van der Waals surface area contributed by atoms with Crippen molar-refractivity contribution in [1.29, 1.82) is 0 Å². The Labute approximate surface area is 325 Å². The molecule has 0 saturated heterocycles.